The number of ether oxygens (including phenoxy) is 4. The number of aryl methyl sites for hydroxylation is 4. The van der Waals surface area contributed by atoms with E-state index in [1.54, 1.807) is 18.3 Å². The van der Waals surface area contributed by atoms with Crippen LogP contribution in [0.2, 0.25) is 0 Å². The molecule has 17 aromatic rings. The third kappa shape index (κ3) is 16.2. The van der Waals surface area contributed by atoms with Crippen molar-refractivity contribution in [3.63, 3.8) is 0 Å². The molecule has 0 amide bonds. The number of pyridine rings is 4. The quantitative estimate of drug-likeness (QED) is 0.0337. The van der Waals surface area contributed by atoms with E-state index in [1.807, 2.05) is 129 Å². The molecule has 0 saturated heterocycles. The van der Waals surface area contributed by atoms with E-state index >= 15 is 0 Å². The van der Waals surface area contributed by atoms with Gasteiger partial charge < -0.3 is 82.6 Å². The second kappa shape index (κ2) is 33.5. The van der Waals surface area contributed by atoms with Gasteiger partial charge in [0.05, 0.1) is 56.7 Å². The summed E-state index contributed by atoms with van der Waals surface area (Å²) in [6.45, 7) is 12.0. The monoisotopic (exact) mass is 1500 g/mol. The van der Waals surface area contributed by atoms with Crippen molar-refractivity contribution < 1.29 is 77.1 Å². The van der Waals surface area contributed by atoms with Crippen molar-refractivity contribution in [1.82, 2.24) is 29.5 Å². The fourth-order valence-corrected chi connectivity index (χ4v) is 13.2. The highest BCUT2D eigenvalue weighted by molar-refractivity contribution is 6.11. The van der Waals surface area contributed by atoms with Crippen LogP contribution < -0.4 is 62.0 Å². The molecule has 15 nitrogen and oxygen atoms in total. The highest BCUT2D eigenvalue weighted by Crippen LogP contribution is 2.36. The number of aromatic amines is 3. The number of H-pyrrole nitrogens is 3. The maximum absolute atomic E-state index is 12.1. The van der Waals surface area contributed by atoms with E-state index in [-0.39, 0.29) is 53.1 Å². The minimum atomic E-state index is -0.362. The van der Waals surface area contributed by atoms with Gasteiger partial charge in [0.1, 0.15) is 60.5 Å². The molecule has 0 bridgehead atoms. The molecule has 0 saturated carbocycles. The lowest BCUT2D eigenvalue weighted by atomic mass is 10.1. The number of benzene rings is 9. The molecule has 0 spiro atoms. The number of rotatable bonds is 17. The SMILES string of the molecule is Cc1c2[nH]c3cc(OCc4ccccc4)ccc3c2cc[n+]1Cc1ccccc1.Cc1c2c(cc[n+]1CCO)c1ccc(OCc3ccccc3)cc1n2Cc1ccccc1.Cc1nccc2c1[nH]c1cc(OC(=O)c3ccccc3)ccc12.Cc1nccc2c1[nH]c1cc(OCCO)ccc12.[Br-].[Br-]. The number of hydrogen-bond donors (Lipinski definition) is 5. The van der Waals surface area contributed by atoms with Crippen molar-refractivity contribution in [1.29, 1.82) is 0 Å². The molecule has 17 rings (SSSR count). The summed E-state index contributed by atoms with van der Waals surface area (Å²) in [5.74, 6) is 2.65. The Kier molecular flexibility index (Phi) is 23.3. The number of aromatic nitrogens is 8. The van der Waals surface area contributed by atoms with Crippen LogP contribution in [0, 0.1) is 27.7 Å². The van der Waals surface area contributed by atoms with Crippen molar-refractivity contribution in [2.75, 3.05) is 19.8 Å². The first-order valence-corrected chi connectivity index (χ1v) is 34.2. The van der Waals surface area contributed by atoms with E-state index in [1.165, 1.54) is 60.3 Å². The van der Waals surface area contributed by atoms with Gasteiger partial charge in [-0.05, 0) is 103 Å². The van der Waals surface area contributed by atoms with Crippen LogP contribution >= 0.6 is 0 Å². The summed E-state index contributed by atoms with van der Waals surface area (Å²) < 4.78 is 29.8. The second-order valence-corrected chi connectivity index (χ2v) is 25.1. The zero-order valence-electron chi connectivity index (χ0n) is 58.1. The number of aliphatic hydroxyl groups excluding tert-OH is 2. The van der Waals surface area contributed by atoms with E-state index < -0.39 is 0 Å². The average Bonchev–Trinajstić information content (AvgIpc) is 1.61. The number of carbonyl (C=O) groups excluding carboxylic acids is 1. The fourth-order valence-electron chi connectivity index (χ4n) is 13.2. The van der Waals surface area contributed by atoms with Crippen molar-refractivity contribution in [2.45, 2.75) is 60.5 Å². The lowest BCUT2D eigenvalue weighted by Gasteiger charge is -2.10. The minimum absolute atomic E-state index is 0. The van der Waals surface area contributed by atoms with Crippen LogP contribution in [0.3, 0.4) is 0 Å². The van der Waals surface area contributed by atoms with Crippen molar-refractivity contribution in [2.24, 2.45) is 0 Å². The van der Waals surface area contributed by atoms with E-state index in [0.29, 0.717) is 37.7 Å². The van der Waals surface area contributed by atoms with Crippen molar-refractivity contribution >= 4 is 93.2 Å². The van der Waals surface area contributed by atoms with E-state index in [2.05, 4.69) is 192 Å². The van der Waals surface area contributed by atoms with Gasteiger partial charge in [0, 0.05) is 118 Å². The number of esters is 1. The van der Waals surface area contributed by atoms with Gasteiger partial charge in [-0.1, -0.05) is 140 Å². The van der Waals surface area contributed by atoms with Crippen LogP contribution in [0.15, 0.2) is 274 Å². The van der Waals surface area contributed by atoms with Crippen LogP contribution in [0.1, 0.15) is 55.4 Å². The standard InChI is InChI=1S/C28H27N2O2.C26H22N2O.C19H14N2O2.C14H14N2O2.2BrH/c1-21-28-26(14-15-29(21)16-17-31)25-13-12-24(32-20-23-10-6-3-7-11-23)18-27(25)30(28)19-22-8-4-2-5-9-22;1-19-26-24(14-15-28(19)17-20-8-4-2-5-9-20)23-13-12-22(16-25(23)27-26)29-18-21-10-6-3-7-11-21;1-12-18-16(9-10-20-12)15-8-7-14(11-17(15)21-18)23-19(22)13-5-3-2-4-6-13;1-9-14-12(4-5-15-9)11-3-2-10(18-7-6-17)8-13(11)16-14;;/h2-15,18,31H,16-17,19-20H2,1H3;2-16H,17-18H2,1H3;2-11,21H,1H3;2-5,8,16-17H,6-7H2,1H3;2*1H/q+1;;;;;/p-1. The molecule has 0 atom stereocenters. The maximum atomic E-state index is 12.1. The summed E-state index contributed by atoms with van der Waals surface area (Å²) in [5, 5.41) is 27.7. The lowest BCUT2D eigenvalue weighted by molar-refractivity contribution is -0.702. The predicted octanol–water partition coefficient (Wildman–Crippen LogP) is 11.2. The summed E-state index contributed by atoms with van der Waals surface area (Å²) in [7, 11) is 0. The number of fused-ring (bicyclic) bond motifs is 12. The number of halogens is 2. The molecular formula is C87H78Br2N8O7. The average molecular weight is 1510 g/mol. The summed E-state index contributed by atoms with van der Waals surface area (Å²) in [6.07, 6.45) is 7.87. The van der Waals surface area contributed by atoms with Crippen LogP contribution in [0.4, 0.5) is 0 Å². The molecule has 104 heavy (non-hydrogen) atoms. The predicted molar refractivity (Wildman–Crippen MR) is 405 cm³/mol. The lowest BCUT2D eigenvalue weighted by Crippen LogP contribution is -3.00. The second-order valence-electron chi connectivity index (χ2n) is 25.1. The summed E-state index contributed by atoms with van der Waals surface area (Å²) >= 11 is 0. The third-order valence-corrected chi connectivity index (χ3v) is 18.5. The molecule has 5 N–H and O–H groups in total. The molecule has 8 aromatic heterocycles. The Bertz CT molecular complexity index is 5770. The maximum Gasteiger partial charge on any atom is 0.343 e. The molecule has 0 radical (unpaired) electrons. The topological polar surface area (TPSA) is 180 Å². The number of nitrogens with zero attached hydrogens (tertiary/aromatic N) is 5. The Morgan fingerprint density at radius 3 is 1.40 bits per heavy atom. The first-order valence-electron chi connectivity index (χ1n) is 34.2. The molecule has 522 valence electrons. The van der Waals surface area contributed by atoms with Gasteiger partial charge >= 0.3 is 5.97 Å². The highest BCUT2D eigenvalue weighted by atomic mass is 79.9. The fraction of sp³-hybridized carbons (Fsp3) is 0.138. The Balaban J connectivity index is 0.000000132. The molecule has 0 aliphatic heterocycles. The van der Waals surface area contributed by atoms with E-state index in [9.17, 15) is 9.90 Å². The largest absolute Gasteiger partial charge is 1.00 e. The number of nitrogens with one attached hydrogen (secondary N) is 3. The molecule has 9 aromatic carbocycles. The summed E-state index contributed by atoms with van der Waals surface area (Å²) in [5.41, 5.74) is 18.4. The van der Waals surface area contributed by atoms with Crippen LogP contribution in [0.25, 0.3) is 87.2 Å². The first kappa shape index (κ1) is 72.3. The molecular weight excluding hydrogens is 1430 g/mol. The zero-order chi connectivity index (χ0) is 69.9. The van der Waals surface area contributed by atoms with Gasteiger partial charge in [0.25, 0.3) is 0 Å². The first-order chi connectivity index (χ1) is 50.0. The minimum Gasteiger partial charge on any atom is -1.00 e. The molecule has 0 unspecified atom stereocenters. The van der Waals surface area contributed by atoms with Gasteiger partial charge in [-0.25, -0.2) is 4.79 Å². The van der Waals surface area contributed by atoms with Crippen molar-refractivity contribution in [3.05, 3.63) is 324 Å². The Morgan fingerprint density at radius 1 is 0.423 bits per heavy atom. The number of aliphatic hydroxyl groups is 2. The third-order valence-electron chi connectivity index (χ3n) is 18.5. The smallest absolute Gasteiger partial charge is 0.343 e. The van der Waals surface area contributed by atoms with Gasteiger partial charge in [-0.2, -0.15) is 9.13 Å². The molecule has 0 fully saturated rings. The summed E-state index contributed by atoms with van der Waals surface area (Å²) in [4.78, 5) is 31.0. The van der Waals surface area contributed by atoms with Crippen LogP contribution in [0.5, 0.6) is 23.0 Å². The van der Waals surface area contributed by atoms with Gasteiger partial charge in [0.15, 0.2) is 25.5 Å². The van der Waals surface area contributed by atoms with Gasteiger partial charge in [0.2, 0.25) is 11.4 Å². The van der Waals surface area contributed by atoms with E-state index in [4.69, 9.17) is 24.1 Å². The number of hydrogen-bond acceptors (Lipinski definition) is 9. The van der Waals surface area contributed by atoms with Crippen LogP contribution in [-0.4, -0.2) is 65.5 Å². The molecule has 0 aliphatic rings. The van der Waals surface area contributed by atoms with Gasteiger partial charge in [-0.15, -0.1) is 0 Å². The molecule has 17 heteroatoms. The normalized spacial score (nSPS) is 11.0. The highest BCUT2D eigenvalue weighted by Gasteiger charge is 2.22. The van der Waals surface area contributed by atoms with Gasteiger partial charge in [-0.3, -0.25) is 9.97 Å². The molecule has 0 aliphatic carbocycles. The van der Waals surface area contributed by atoms with E-state index in [0.717, 1.165) is 102 Å². The van der Waals surface area contributed by atoms with Crippen LogP contribution in [-0.2, 0) is 32.8 Å². The Hall–Kier alpha value is -11.5. The Morgan fingerprint density at radius 2 is 0.865 bits per heavy atom. The summed E-state index contributed by atoms with van der Waals surface area (Å²) in [6, 6.07) is 83.1. The number of carbonyl (C=O) groups is 1. The van der Waals surface area contributed by atoms with Crippen molar-refractivity contribution in [3.8, 4) is 23.0 Å². The zero-order valence-corrected chi connectivity index (χ0v) is 61.2. The molecule has 8 heterocycles. The Labute approximate surface area is 623 Å².